The quantitative estimate of drug-likeness (QED) is 0.330. The normalized spacial score (nSPS) is 10.5. The first-order valence-electron chi connectivity index (χ1n) is 10.3. The monoisotopic (exact) mass is 516 g/mol. The molecule has 2 N–H and O–H groups in total. The lowest BCUT2D eigenvalue weighted by Crippen LogP contribution is -2.20. The van der Waals surface area contributed by atoms with Crippen molar-refractivity contribution in [2.45, 2.75) is 27.3 Å². The predicted octanol–water partition coefficient (Wildman–Crippen LogP) is 6.75. The third-order valence-corrected chi connectivity index (χ3v) is 5.68. The third-order valence-electron chi connectivity index (χ3n) is 4.69. The molecule has 0 aliphatic rings. The molecule has 0 saturated carbocycles. The SMILES string of the molecule is CCOc1cc(CNc2cccc(C)c2)cc(Br)c1OCC(=O)Nc1ccc(C)c(Cl)c1. The number of hydrogen-bond donors (Lipinski definition) is 2. The molecule has 0 aromatic heterocycles. The fourth-order valence-corrected chi connectivity index (χ4v) is 3.88. The van der Waals surface area contributed by atoms with Gasteiger partial charge in [-0.15, -0.1) is 0 Å². The zero-order chi connectivity index (χ0) is 23.1. The number of rotatable bonds is 9. The third kappa shape index (κ3) is 6.65. The zero-order valence-corrected chi connectivity index (χ0v) is 20.6. The number of benzene rings is 3. The van der Waals surface area contributed by atoms with E-state index in [9.17, 15) is 4.79 Å². The predicted molar refractivity (Wildman–Crippen MR) is 134 cm³/mol. The first-order chi connectivity index (χ1) is 15.4. The Hall–Kier alpha value is -2.70. The van der Waals surface area contributed by atoms with E-state index in [-0.39, 0.29) is 12.5 Å². The lowest BCUT2D eigenvalue weighted by molar-refractivity contribution is -0.118. The van der Waals surface area contributed by atoms with Crippen LogP contribution < -0.4 is 20.1 Å². The van der Waals surface area contributed by atoms with Crippen LogP contribution in [-0.4, -0.2) is 19.1 Å². The van der Waals surface area contributed by atoms with Gasteiger partial charge in [-0.1, -0.05) is 29.8 Å². The van der Waals surface area contributed by atoms with E-state index in [4.69, 9.17) is 21.1 Å². The standard InChI is InChI=1S/C25H26BrClN2O3/c1-4-31-23-12-18(14-28-19-7-5-6-16(2)10-19)11-21(26)25(23)32-15-24(30)29-20-9-8-17(3)22(27)13-20/h5-13,28H,4,14-15H2,1-3H3,(H,29,30). The van der Waals surface area contributed by atoms with Gasteiger partial charge in [-0.05, 0) is 89.8 Å². The van der Waals surface area contributed by atoms with Crippen molar-refractivity contribution >= 4 is 44.8 Å². The smallest absolute Gasteiger partial charge is 0.262 e. The van der Waals surface area contributed by atoms with Gasteiger partial charge in [0, 0.05) is 22.9 Å². The Morgan fingerprint density at radius 3 is 2.56 bits per heavy atom. The molecule has 5 nitrogen and oxygen atoms in total. The highest BCUT2D eigenvalue weighted by molar-refractivity contribution is 9.10. The maximum atomic E-state index is 12.4. The van der Waals surface area contributed by atoms with E-state index in [1.165, 1.54) is 5.56 Å². The van der Waals surface area contributed by atoms with Crippen molar-refractivity contribution in [3.8, 4) is 11.5 Å². The summed E-state index contributed by atoms with van der Waals surface area (Å²) in [7, 11) is 0. The van der Waals surface area contributed by atoms with E-state index in [1.54, 1.807) is 12.1 Å². The maximum absolute atomic E-state index is 12.4. The molecule has 3 aromatic rings. The van der Waals surface area contributed by atoms with Gasteiger partial charge in [0.2, 0.25) is 0 Å². The molecule has 0 fully saturated rings. The van der Waals surface area contributed by atoms with E-state index >= 15 is 0 Å². The lowest BCUT2D eigenvalue weighted by atomic mass is 10.1. The van der Waals surface area contributed by atoms with Crippen molar-refractivity contribution in [1.29, 1.82) is 0 Å². The molecule has 168 valence electrons. The second-order valence-electron chi connectivity index (χ2n) is 7.36. The average Bonchev–Trinajstić information content (AvgIpc) is 2.74. The molecule has 7 heteroatoms. The minimum Gasteiger partial charge on any atom is -0.490 e. The summed E-state index contributed by atoms with van der Waals surface area (Å²) in [5.41, 5.74) is 4.83. The molecule has 3 rings (SSSR count). The molecule has 0 spiro atoms. The molecule has 0 radical (unpaired) electrons. The molecule has 0 unspecified atom stereocenters. The van der Waals surface area contributed by atoms with Crippen molar-refractivity contribution < 1.29 is 14.3 Å². The van der Waals surface area contributed by atoms with E-state index in [1.807, 2.05) is 44.2 Å². The van der Waals surface area contributed by atoms with Crippen molar-refractivity contribution in [1.82, 2.24) is 0 Å². The van der Waals surface area contributed by atoms with Gasteiger partial charge in [-0.2, -0.15) is 0 Å². The number of carbonyl (C=O) groups is 1. The van der Waals surface area contributed by atoms with Crippen LogP contribution in [0.25, 0.3) is 0 Å². The van der Waals surface area contributed by atoms with Crippen molar-refractivity contribution in [2.75, 3.05) is 23.8 Å². The number of halogens is 2. The van der Waals surface area contributed by atoms with Gasteiger partial charge in [-0.25, -0.2) is 0 Å². The number of aryl methyl sites for hydroxylation is 2. The van der Waals surface area contributed by atoms with Crippen molar-refractivity contribution in [3.63, 3.8) is 0 Å². The summed E-state index contributed by atoms with van der Waals surface area (Å²) >= 11 is 9.68. The Bertz CT molecular complexity index is 1100. The van der Waals surface area contributed by atoms with Crippen LogP contribution in [0.2, 0.25) is 5.02 Å². The van der Waals surface area contributed by atoms with Crippen LogP contribution in [0.15, 0.2) is 59.1 Å². The van der Waals surface area contributed by atoms with Crippen LogP contribution in [0.3, 0.4) is 0 Å². The average molecular weight is 518 g/mol. The summed E-state index contributed by atoms with van der Waals surface area (Å²) in [5, 5.41) is 6.80. The Labute approximate surface area is 202 Å². The Kier molecular flexibility index (Phi) is 8.42. The molecule has 0 aliphatic carbocycles. The van der Waals surface area contributed by atoms with Crippen LogP contribution in [0, 0.1) is 13.8 Å². The molecular weight excluding hydrogens is 492 g/mol. The molecule has 0 heterocycles. The van der Waals surface area contributed by atoms with Gasteiger partial charge >= 0.3 is 0 Å². The fourth-order valence-electron chi connectivity index (χ4n) is 3.09. The number of amides is 1. The van der Waals surface area contributed by atoms with Gasteiger partial charge in [-0.3, -0.25) is 4.79 Å². The summed E-state index contributed by atoms with van der Waals surface area (Å²) in [6.07, 6.45) is 0. The molecule has 32 heavy (non-hydrogen) atoms. The summed E-state index contributed by atoms with van der Waals surface area (Å²) in [5.74, 6) is 0.779. The summed E-state index contributed by atoms with van der Waals surface area (Å²) in [6, 6.07) is 17.5. The van der Waals surface area contributed by atoms with Crippen LogP contribution >= 0.6 is 27.5 Å². The minimum absolute atomic E-state index is 0.162. The first kappa shape index (κ1) is 24.0. The number of nitrogens with one attached hydrogen (secondary N) is 2. The summed E-state index contributed by atoms with van der Waals surface area (Å²) in [6.45, 7) is 6.81. The van der Waals surface area contributed by atoms with E-state index < -0.39 is 0 Å². The zero-order valence-electron chi connectivity index (χ0n) is 18.3. The highest BCUT2D eigenvalue weighted by Gasteiger charge is 2.14. The minimum atomic E-state index is -0.288. The second kappa shape index (κ2) is 11.2. The number of ether oxygens (including phenoxy) is 2. The summed E-state index contributed by atoms with van der Waals surface area (Å²) in [4.78, 5) is 12.4. The number of hydrogen-bond acceptors (Lipinski definition) is 4. The highest BCUT2D eigenvalue weighted by atomic mass is 79.9. The molecule has 0 aliphatic heterocycles. The van der Waals surface area contributed by atoms with E-state index in [2.05, 4.69) is 45.6 Å². The van der Waals surface area contributed by atoms with Crippen LogP contribution in [0.5, 0.6) is 11.5 Å². The molecule has 0 bridgehead atoms. The van der Waals surface area contributed by atoms with Crippen molar-refractivity contribution in [2.24, 2.45) is 0 Å². The molecule has 0 saturated heterocycles. The Morgan fingerprint density at radius 2 is 1.84 bits per heavy atom. The van der Waals surface area contributed by atoms with Gasteiger partial charge in [0.15, 0.2) is 18.1 Å². The number of carbonyl (C=O) groups excluding carboxylic acids is 1. The fraction of sp³-hybridized carbons (Fsp3) is 0.240. The van der Waals surface area contributed by atoms with Gasteiger partial charge in [0.25, 0.3) is 5.91 Å². The lowest BCUT2D eigenvalue weighted by Gasteiger charge is -2.16. The summed E-state index contributed by atoms with van der Waals surface area (Å²) < 4.78 is 12.3. The Balaban J connectivity index is 1.67. The topological polar surface area (TPSA) is 59.6 Å². The van der Waals surface area contributed by atoms with Gasteiger partial charge in [0.1, 0.15) is 0 Å². The number of anilines is 2. The maximum Gasteiger partial charge on any atom is 0.262 e. The van der Waals surface area contributed by atoms with E-state index in [0.717, 1.165) is 21.3 Å². The highest BCUT2D eigenvalue weighted by Crippen LogP contribution is 2.37. The Morgan fingerprint density at radius 1 is 1.03 bits per heavy atom. The second-order valence-corrected chi connectivity index (χ2v) is 8.62. The molecule has 3 aromatic carbocycles. The van der Waals surface area contributed by atoms with Gasteiger partial charge in [0.05, 0.1) is 11.1 Å². The van der Waals surface area contributed by atoms with Crippen LogP contribution in [0.4, 0.5) is 11.4 Å². The molecular formula is C25H26BrClN2O3. The van der Waals surface area contributed by atoms with Gasteiger partial charge < -0.3 is 20.1 Å². The first-order valence-corrected chi connectivity index (χ1v) is 11.5. The van der Waals surface area contributed by atoms with E-state index in [0.29, 0.717) is 35.4 Å². The molecule has 1 amide bonds. The largest absolute Gasteiger partial charge is 0.490 e. The van der Waals surface area contributed by atoms with Crippen LogP contribution in [-0.2, 0) is 11.3 Å². The molecule has 0 atom stereocenters. The van der Waals surface area contributed by atoms with Crippen LogP contribution in [0.1, 0.15) is 23.6 Å². The van der Waals surface area contributed by atoms with Crippen molar-refractivity contribution in [3.05, 3.63) is 80.8 Å².